The lowest BCUT2D eigenvalue weighted by molar-refractivity contribution is -0.186. The molecule has 4 aliphatic rings. The van der Waals surface area contributed by atoms with E-state index >= 15 is 0 Å². The molecule has 4 nitrogen and oxygen atoms in total. The van der Waals surface area contributed by atoms with Crippen molar-refractivity contribution in [3.8, 4) is 0 Å². The minimum atomic E-state index is -0.291. The molecule has 1 aromatic carbocycles. The van der Waals surface area contributed by atoms with Gasteiger partial charge >= 0.3 is 0 Å². The zero-order valence-corrected chi connectivity index (χ0v) is 17.5. The minimum absolute atomic E-state index is 0.194. The third kappa shape index (κ3) is 3.06. The molecule has 4 aliphatic heterocycles. The Morgan fingerprint density at radius 3 is 2.71 bits per heavy atom. The highest BCUT2D eigenvalue weighted by Gasteiger charge is 2.44. The number of piperidine rings is 1. The average Bonchev–Trinajstić information content (AvgIpc) is 3.44. The molecule has 0 N–H and O–H groups in total. The van der Waals surface area contributed by atoms with Crippen molar-refractivity contribution < 1.29 is 14.2 Å². The van der Waals surface area contributed by atoms with Crippen molar-refractivity contribution in [2.75, 3.05) is 32.8 Å². The monoisotopic (exact) mass is 415 g/mol. The first-order valence-electron chi connectivity index (χ1n) is 10.3. The van der Waals surface area contributed by atoms with Crippen LogP contribution in [0.25, 0.3) is 0 Å². The largest absolute Gasteiger partial charge is 0.368 e. The summed E-state index contributed by atoms with van der Waals surface area (Å²) in [6.45, 7) is 4.57. The van der Waals surface area contributed by atoms with Gasteiger partial charge in [-0.25, -0.2) is 0 Å². The van der Waals surface area contributed by atoms with Crippen molar-refractivity contribution >= 4 is 23.1 Å². The van der Waals surface area contributed by atoms with E-state index in [0.717, 1.165) is 52.1 Å². The Labute approximate surface area is 174 Å². The molecule has 0 radical (unpaired) electrons. The van der Waals surface area contributed by atoms with Crippen molar-refractivity contribution in [3.05, 3.63) is 46.8 Å². The van der Waals surface area contributed by atoms with Crippen molar-refractivity contribution in [2.24, 2.45) is 0 Å². The zero-order chi connectivity index (χ0) is 18.6. The van der Waals surface area contributed by atoms with Crippen molar-refractivity contribution in [1.82, 2.24) is 4.90 Å². The molecule has 1 spiro atoms. The number of thiophene rings is 1. The van der Waals surface area contributed by atoms with Crippen LogP contribution in [0.2, 0.25) is 0 Å². The van der Waals surface area contributed by atoms with Crippen LogP contribution in [0, 0.1) is 0 Å². The number of fused-ring (bicyclic) bond motifs is 5. The number of nitrogens with zero attached hydrogens (tertiary/aromatic N) is 1. The molecule has 3 unspecified atom stereocenters. The molecule has 6 heteroatoms. The molecule has 0 aliphatic carbocycles. The molecular formula is C22H25NO3S2. The molecule has 2 aromatic rings. The second-order valence-corrected chi connectivity index (χ2v) is 10.5. The fourth-order valence-corrected chi connectivity index (χ4v) is 7.46. The van der Waals surface area contributed by atoms with Crippen LogP contribution in [0.4, 0.5) is 0 Å². The maximum absolute atomic E-state index is 6.70. The third-order valence-corrected chi connectivity index (χ3v) is 8.87. The molecule has 3 fully saturated rings. The van der Waals surface area contributed by atoms with Gasteiger partial charge in [0.15, 0.2) is 5.79 Å². The predicted molar refractivity (Wildman–Crippen MR) is 110 cm³/mol. The molecular weight excluding hydrogens is 390 g/mol. The Kier molecular flexibility index (Phi) is 4.55. The van der Waals surface area contributed by atoms with Gasteiger partial charge in [-0.05, 0) is 29.5 Å². The standard InChI is InChI=1S/C22H25NO3S2/c1-2-4-19-16(3-1)18-13-15(26-20(18)17-5-12-27-21(17)28-19)14-23-8-6-22(7-9-23)24-10-11-25-22/h1-5,12,15,18,20H,6-11,13-14H2. The average molecular weight is 416 g/mol. The van der Waals surface area contributed by atoms with E-state index in [1.807, 2.05) is 23.1 Å². The van der Waals surface area contributed by atoms with E-state index in [1.54, 1.807) is 0 Å². The fraction of sp³-hybridized carbons (Fsp3) is 0.545. The van der Waals surface area contributed by atoms with Crippen LogP contribution in [0.3, 0.4) is 0 Å². The van der Waals surface area contributed by atoms with Crippen molar-refractivity contribution in [1.29, 1.82) is 0 Å². The van der Waals surface area contributed by atoms with Crippen LogP contribution in [0.1, 0.15) is 42.4 Å². The smallest absolute Gasteiger partial charge is 0.170 e. The van der Waals surface area contributed by atoms with Gasteiger partial charge in [-0.3, -0.25) is 0 Å². The van der Waals surface area contributed by atoms with E-state index in [9.17, 15) is 0 Å². The van der Waals surface area contributed by atoms with Gasteiger partial charge in [-0.1, -0.05) is 30.0 Å². The predicted octanol–water partition coefficient (Wildman–Crippen LogP) is 4.67. The number of hydrogen-bond donors (Lipinski definition) is 0. The molecule has 5 heterocycles. The summed E-state index contributed by atoms with van der Waals surface area (Å²) in [5.41, 5.74) is 2.86. The summed E-state index contributed by atoms with van der Waals surface area (Å²) >= 11 is 3.76. The van der Waals surface area contributed by atoms with Crippen LogP contribution in [0.15, 0.2) is 44.8 Å². The Morgan fingerprint density at radius 1 is 1.04 bits per heavy atom. The molecule has 148 valence electrons. The highest BCUT2D eigenvalue weighted by atomic mass is 32.2. The van der Waals surface area contributed by atoms with E-state index in [1.165, 1.54) is 20.2 Å². The SMILES string of the molecule is c1ccc2c(c1)Sc1sccc1C1OC(CN3CCC4(CC3)OCCO4)CC21. The molecule has 0 amide bonds. The molecule has 3 saturated heterocycles. The summed E-state index contributed by atoms with van der Waals surface area (Å²) in [4.78, 5) is 3.94. The quantitative estimate of drug-likeness (QED) is 0.712. The van der Waals surface area contributed by atoms with Gasteiger partial charge < -0.3 is 19.1 Å². The van der Waals surface area contributed by atoms with E-state index in [-0.39, 0.29) is 11.9 Å². The normalized spacial score (nSPS) is 31.4. The molecule has 0 bridgehead atoms. The Bertz CT molecular complexity index is 853. The maximum atomic E-state index is 6.70. The van der Waals surface area contributed by atoms with Gasteiger partial charge in [0.2, 0.25) is 0 Å². The molecule has 6 rings (SSSR count). The number of likely N-dealkylation sites (tertiary alicyclic amines) is 1. The van der Waals surface area contributed by atoms with Gasteiger partial charge in [-0.2, -0.15) is 0 Å². The first-order chi connectivity index (χ1) is 13.8. The van der Waals surface area contributed by atoms with Crippen LogP contribution >= 0.6 is 23.1 Å². The van der Waals surface area contributed by atoms with Crippen LogP contribution < -0.4 is 0 Å². The van der Waals surface area contributed by atoms with Gasteiger partial charge in [0.1, 0.15) is 0 Å². The van der Waals surface area contributed by atoms with Crippen molar-refractivity contribution in [2.45, 2.75) is 52.3 Å². The fourth-order valence-electron chi connectivity index (χ4n) is 5.19. The highest BCUT2D eigenvalue weighted by molar-refractivity contribution is 8.01. The topological polar surface area (TPSA) is 30.9 Å². The van der Waals surface area contributed by atoms with Crippen LogP contribution in [-0.4, -0.2) is 49.6 Å². The van der Waals surface area contributed by atoms with Gasteiger partial charge in [0.25, 0.3) is 0 Å². The third-order valence-electron chi connectivity index (χ3n) is 6.60. The Balaban J connectivity index is 1.20. The van der Waals surface area contributed by atoms with E-state index < -0.39 is 0 Å². The second kappa shape index (κ2) is 7.11. The van der Waals surface area contributed by atoms with Gasteiger partial charge in [0.05, 0.1) is 29.6 Å². The molecule has 3 atom stereocenters. The highest BCUT2D eigenvalue weighted by Crippen LogP contribution is 2.54. The summed E-state index contributed by atoms with van der Waals surface area (Å²) in [5, 5.41) is 2.21. The first-order valence-corrected chi connectivity index (χ1v) is 12.0. The lowest BCUT2D eigenvalue weighted by Crippen LogP contribution is -2.47. The van der Waals surface area contributed by atoms with Gasteiger partial charge in [-0.15, -0.1) is 11.3 Å². The Hall–Kier alpha value is -0.890. The summed E-state index contributed by atoms with van der Waals surface area (Å²) in [7, 11) is 0. The minimum Gasteiger partial charge on any atom is -0.368 e. The lowest BCUT2D eigenvalue weighted by atomic mass is 9.88. The summed E-state index contributed by atoms with van der Waals surface area (Å²) in [5.74, 6) is 0.169. The number of hydrogen-bond acceptors (Lipinski definition) is 6. The first kappa shape index (κ1) is 17.9. The van der Waals surface area contributed by atoms with E-state index in [0.29, 0.717) is 12.0 Å². The van der Waals surface area contributed by atoms with Crippen LogP contribution in [0.5, 0.6) is 0 Å². The van der Waals surface area contributed by atoms with Gasteiger partial charge in [0, 0.05) is 48.9 Å². The summed E-state index contributed by atoms with van der Waals surface area (Å²) in [6, 6.07) is 11.2. The molecule has 1 aromatic heterocycles. The number of rotatable bonds is 2. The zero-order valence-electron chi connectivity index (χ0n) is 15.8. The van der Waals surface area contributed by atoms with Crippen LogP contribution in [-0.2, 0) is 14.2 Å². The number of benzene rings is 1. The number of ether oxygens (including phenoxy) is 3. The summed E-state index contributed by atoms with van der Waals surface area (Å²) < 4.78 is 19.9. The lowest BCUT2D eigenvalue weighted by Gasteiger charge is -2.38. The maximum Gasteiger partial charge on any atom is 0.170 e. The summed E-state index contributed by atoms with van der Waals surface area (Å²) in [6.07, 6.45) is 3.53. The molecule has 0 saturated carbocycles. The van der Waals surface area contributed by atoms with E-state index in [4.69, 9.17) is 14.2 Å². The second-order valence-electron chi connectivity index (χ2n) is 8.23. The van der Waals surface area contributed by atoms with Crippen molar-refractivity contribution in [3.63, 3.8) is 0 Å². The Morgan fingerprint density at radius 2 is 1.86 bits per heavy atom. The molecule has 28 heavy (non-hydrogen) atoms. The van der Waals surface area contributed by atoms with E-state index in [2.05, 4.69) is 40.6 Å².